The summed E-state index contributed by atoms with van der Waals surface area (Å²) in [5.41, 5.74) is 0.337. The number of aryl methyl sites for hydroxylation is 1. The number of hydrogen-bond acceptors (Lipinski definition) is 6. The second kappa shape index (κ2) is 7.59. The third-order valence-electron chi connectivity index (χ3n) is 3.64. The van der Waals surface area contributed by atoms with E-state index in [9.17, 15) is 14.4 Å². The third-order valence-corrected chi connectivity index (χ3v) is 4.83. The molecule has 6 nitrogen and oxygen atoms in total. The van der Waals surface area contributed by atoms with E-state index in [1.165, 1.54) is 11.3 Å². The molecule has 2 rings (SSSR count). The van der Waals surface area contributed by atoms with Gasteiger partial charge in [0, 0.05) is 4.88 Å². The van der Waals surface area contributed by atoms with Crippen LogP contribution >= 0.6 is 11.3 Å². The Labute approximate surface area is 139 Å². The molecule has 1 heterocycles. The van der Waals surface area contributed by atoms with Gasteiger partial charge in [0.15, 0.2) is 6.61 Å². The SMILES string of the molecule is CCOC(=O)c1cc(CC)sc1NC(=O)COC(=O)[C@H]1C[C@@H]1C. The van der Waals surface area contributed by atoms with E-state index in [1.54, 1.807) is 13.0 Å². The van der Waals surface area contributed by atoms with Gasteiger partial charge < -0.3 is 14.8 Å². The number of thiophene rings is 1. The quantitative estimate of drug-likeness (QED) is 0.772. The summed E-state index contributed by atoms with van der Waals surface area (Å²) in [7, 11) is 0. The molecule has 1 aliphatic rings. The van der Waals surface area contributed by atoms with E-state index in [-0.39, 0.29) is 25.1 Å². The normalized spacial score (nSPS) is 19.1. The summed E-state index contributed by atoms with van der Waals surface area (Å²) in [5.74, 6) is -1.00. The molecule has 1 saturated carbocycles. The van der Waals surface area contributed by atoms with E-state index in [4.69, 9.17) is 9.47 Å². The maximum atomic E-state index is 11.9. The number of ether oxygens (including phenoxy) is 2. The molecule has 1 N–H and O–H groups in total. The second-order valence-corrected chi connectivity index (χ2v) is 6.64. The Morgan fingerprint density at radius 3 is 2.57 bits per heavy atom. The van der Waals surface area contributed by atoms with Crippen molar-refractivity contribution in [2.24, 2.45) is 11.8 Å². The lowest BCUT2D eigenvalue weighted by molar-refractivity contribution is -0.148. The Hall–Kier alpha value is -1.89. The molecule has 0 spiro atoms. The van der Waals surface area contributed by atoms with Gasteiger partial charge in [0.25, 0.3) is 5.91 Å². The fraction of sp³-hybridized carbons (Fsp3) is 0.562. The van der Waals surface area contributed by atoms with Gasteiger partial charge in [0.05, 0.1) is 18.1 Å². The number of amides is 1. The molecular formula is C16H21NO5S. The number of esters is 2. The van der Waals surface area contributed by atoms with E-state index >= 15 is 0 Å². The maximum Gasteiger partial charge on any atom is 0.341 e. The fourth-order valence-electron chi connectivity index (χ4n) is 2.13. The second-order valence-electron chi connectivity index (χ2n) is 5.50. The largest absolute Gasteiger partial charge is 0.462 e. The van der Waals surface area contributed by atoms with Gasteiger partial charge in [-0.25, -0.2) is 4.79 Å². The molecule has 7 heteroatoms. The zero-order chi connectivity index (χ0) is 17.0. The molecule has 126 valence electrons. The molecule has 1 amide bonds. The van der Waals surface area contributed by atoms with Crippen molar-refractivity contribution in [1.29, 1.82) is 0 Å². The van der Waals surface area contributed by atoms with Crippen LogP contribution in [0.3, 0.4) is 0 Å². The summed E-state index contributed by atoms with van der Waals surface area (Å²) in [5, 5.41) is 3.06. The monoisotopic (exact) mass is 339 g/mol. The average molecular weight is 339 g/mol. The number of carbonyl (C=O) groups excluding carboxylic acids is 3. The van der Waals surface area contributed by atoms with E-state index < -0.39 is 11.9 Å². The summed E-state index contributed by atoms with van der Waals surface area (Å²) in [6.07, 6.45) is 1.57. The van der Waals surface area contributed by atoms with Crippen molar-refractivity contribution < 1.29 is 23.9 Å². The first-order valence-electron chi connectivity index (χ1n) is 7.72. The zero-order valence-electron chi connectivity index (χ0n) is 13.5. The Kier molecular flexibility index (Phi) is 5.76. The number of carbonyl (C=O) groups is 3. The highest BCUT2D eigenvalue weighted by molar-refractivity contribution is 7.16. The highest BCUT2D eigenvalue weighted by Gasteiger charge is 2.40. The van der Waals surface area contributed by atoms with E-state index in [2.05, 4.69) is 5.32 Å². The molecular weight excluding hydrogens is 318 g/mol. The highest BCUT2D eigenvalue weighted by Crippen LogP contribution is 2.38. The first-order valence-corrected chi connectivity index (χ1v) is 8.54. The number of hydrogen-bond donors (Lipinski definition) is 1. The third kappa shape index (κ3) is 4.54. The molecule has 1 aromatic rings. The lowest BCUT2D eigenvalue weighted by Gasteiger charge is -2.07. The Bertz CT molecular complexity index is 610. The van der Waals surface area contributed by atoms with Crippen LogP contribution in [0.15, 0.2) is 6.07 Å². The van der Waals surface area contributed by atoms with Gasteiger partial charge in [-0.3, -0.25) is 9.59 Å². The summed E-state index contributed by atoms with van der Waals surface area (Å²) in [4.78, 5) is 36.4. The van der Waals surface area contributed by atoms with Crippen molar-refractivity contribution in [2.45, 2.75) is 33.6 Å². The fourth-order valence-corrected chi connectivity index (χ4v) is 3.13. The van der Waals surface area contributed by atoms with Crippen molar-refractivity contribution in [1.82, 2.24) is 0 Å². The van der Waals surface area contributed by atoms with Crippen molar-refractivity contribution in [3.8, 4) is 0 Å². The number of rotatable bonds is 7. The molecule has 0 saturated heterocycles. The first kappa shape index (κ1) is 17.5. The van der Waals surface area contributed by atoms with E-state index in [0.29, 0.717) is 16.5 Å². The molecule has 1 fully saturated rings. The summed E-state index contributed by atoms with van der Waals surface area (Å²) in [6, 6.07) is 1.72. The van der Waals surface area contributed by atoms with Crippen molar-refractivity contribution in [2.75, 3.05) is 18.5 Å². The first-order chi connectivity index (χ1) is 11.0. The highest BCUT2D eigenvalue weighted by atomic mass is 32.1. The molecule has 23 heavy (non-hydrogen) atoms. The minimum absolute atomic E-state index is 0.0775. The van der Waals surface area contributed by atoms with Gasteiger partial charge in [-0.2, -0.15) is 0 Å². The molecule has 0 radical (unpaired) electrons. The van der Waals surface area contributed by atoms with E-state index in [1.807, 2.05) is 13.8 Å². The van der Waals surface area contributed by atoms with Gasteiger partial charge >= 0.3 is 11.9 Å². The van der Waals surface area contributed by atoms with Crippen molar-refractivity contribution in [3.63, 3.8) is 0 Å². The molecule has 0 aromatic carbocycles. The predicted molar refractivity (Wildman–Crippen MR) is 86.5 cm³/mol. The van der Waals surface area contributed by atoms with Crippen LogP contribution in [0.25, 0.3) is 0 Å². The Morgan fingerprint density at radius 2 is 2.00 bits per heavy atom. The van der Waals surface area contributed by atoms with Crippen molar-refractivity contribution in [3.05, 3.63) is 16.5 Å². The molecule has 1 aromatic heterocycles. The molecule has 2 atom stereocenters. The topological polar surface area (TPSA) is 81.7 Å². The number of anilines is 1. The average Bonchev–Trinajstić information content (AvgIpc) is 3.10. The van der Waals surface area contributed by atoms with Crippen LogP contribution in [0, 0.1) is 11.8 Å². The lowest BCUT2D eigenvalue weighted by atomic mass is 10.2. The Morgan fingerprint density at radius 1 is 1.30 bits per heavy atom. The number of nitrogens with one attached hydrogen (secondary N) is 1. The van der Waals surface area contributed by atoms with Crippen LogP contribution < -0.4 is 5.32 Å². The minimum Gasteiger partial charge on any atom is -0.462 e. The minimum atomic E-state index is -0.470. The molecule has 1 aliphatic carbocycles. The summed E-state index contributed by atoms with van der Waals surface area (Å²) >= 11 is 1.32. The lowest BCUT2D eigenvalue weighted by Crippen LogP contribution is -2.22. The van der Waals surface area contributed by atoms with Crippen LogP contribution in [0.2, 0.25) is 0 Å². The Balaban J connectivity index is 1.95. The summed E-state index contributed by atoms with van der Waals surface area (Å²) in [6.45, 7) is 5.58. The molecule has 0 unspecified atom stereocenters. The molecule has 0 aliphatic heterocycles. The smallest absolute Gasteiger partial charge is 0.341 e. The van der Waals surface area contributed by atoms with Crippen molar-refractivity contribution >= 4 is 34.2 Å². The predicted octanol–water partition coefficient (Wildman–Crippen LogP) is 2.62. The van der Waals surface area contributed by atoms with Gasteiger partial charge in [0.2, 0.25) is 0 Å². The van der Waals surface area contributed by atoms with Crippen LogP contribution in [-0.4, -0.2) is 31.1 Å². The van der Waals surface area contributed by atoms with Gasteiger partial charge in [0.1, 0.15) is 5.00 Å². The molecule has 0 bridgehead atoms. The van der Waals surface area contributed by atoms with Crippen LogP contribution in [0.4, 0.5) is 5.00 Å². The van der Waals surface area contributed by atoms with Crippen LogP contribution in [-0.2, 0) is 25.5 Å². The van der Waals surface area contributed by atoms with Gasteiger partial charge in [-0.15, -0.1) is 11.3 Å². The maximum absolute atomic E-state index is 11.9. The standard InChI is InChI=1S/C16H21NO5S/c1-4-10-7-12(16(20)21-5-2)14(23-10)17-13(18)8-22-15(19)11-6-9(11)3/h7,9,11H,4-6,8H2,1-3H3,(H,17,18)/t9-,11-/m0/s1. The van der Waals surface area contributed by atoms with Crippen LogP contribution in [0.1, 0.15) is 42.4 Å². The van der Waals surface area contributed by atoms with E-state index in [0.717, 1.165) is 17.7 Å². The zero-order valence-corrected chi connectivity index (χ0v) is 14.3. The van der Waals surface area contributed by atoms with Gasteiger partial charge in [-0.1, -0.05) is 13.8 Å². The van der Waals surface area contributed by atoms with Crippen LogP contribution in [0.5, 0.6) is 0 Å². The summed E-state index contributed by atoms with van der Waals surface area (Å²) < 4.78 is 9.98. The van der Waals surface area contributed by atoms with Gasteiger partial charge in [-0.05, 0) is 31.7 Å².